The molecule has 0 heterocycles. The smallest absolute Gasteiger partial charge is 0.338 e. The van der Waals surface area contributed by atoms with Crippen LogP contribution in [0.1, 0.15) is 22.8 Å². The van der Waals surface area contributed by atoms with E-state index in [0.29, 0.717) is 5.69 Å². The molecule has 9 heteroatoms. The average Bonchev–Trinajstić information content (AvgIpc) is 2.61. The highest BCUT2D eigenvalue weighted by atomic mass is 35.5. The fourth-order valence-corrected chi connectivity index (χ4v) is 2.95. The molecule has 1 N–H and O–H groups in total. The monoisotopic (exact) mass is 406 g/mol. The summed E-state index contributed by atoms with van der Waals surface area (Å²) in [6, 6.07) is 11.6. The minimum Gasteiger partial charge on any atom is -0.449 e. The number of carbonyl (C=O) groups excluding carboxylic acids is 2. The molecule has 0 spiro atoms. The van der Waals surface area contributed by atoms with E-state index in [1.807, 2.05) is 6.07 Å². The van der Waals surface area contributed by atoms with Gasteiger partial charge in [-0.25, -0.2) is 13.2 Å². The highest BCUT2D eigenvalue weighted by Crippen LogP contribution is 2.20. The van der Waals surface area contributed by atoms with Crippen LogP contribution in [0.25, 0.3) is 0 Å². The van der Waals surface area contributed by atoms with Gasteiger partial charge in [0.25, 0.3) is 5.91 Å². The summed E-state index contributed by atoms with van der Waals surface area (Å²) in [5, 5.41) is 11.5. The van der Waals surface area contributed by atoms with Crippen molar-refractivity contribution < 1.29 is 22.7 Å². The molecule has 1 atom stereocenters. The molecule has 2 aromatic carbocycles. The van der Waals surface area contributed by atoms with Crippen molar-refractivity contribution >= 4 is 39.0 Å². The number of nitriles is 1. The first-order valence-corrected chi connectivity index (χ1v) is 9.90. The van der Waals surface area contributed by atoms with Crippen molar-refractivity contribution in [3.8, 4) is 6.07 Å². The first-order chi connectivity index (χ1) is 12.6. The van der Waals surface area contributed by atoms with Crippen molar-refractivity contribution in [2.45, 2.75) is 17.9 Å². The second-order valence-electron chi connectivity index (χ2n) is 5.64. The van der Waals surface area contributed by atoms with Crippen molar-refractivity contribution in [2.75, 3.05) is 11.6 Å². The molecule has 2 rings (SSSR count). The van der Waals surface area contributed by atoms with E-state index in [1.54, 1.807) is 0 Å². The maximum absolute atomic E-state index is 12.2. The molecule has 27 heavy (non-hydrogen) atoms. The van der Waals surface area contributed by atoms with Crippen LogP contribution in [0, 0.1) is 11.3 Å². The number of nitrogens with zero attached hydrogens (tertiary/aromatic N) is 1. The van der Waals surface area contributed by atoms with Crippen LogP contribution >= 0.6 is 11.6 Å². The van der Waals surface area contributed by atoms with Crippen molar-refractivity contribution in [3.05, 3.63) is 58.6 Å². The number of hydrogen-bond donors (Lipinski definition) is 1. The SMILES string of the molecule is CC(OC(=O)c1cccc(S(C)(=O)=O)c1)C(=O)Nc1ccc(C#N)c(Cl)c1. The first kappa shape index (κ1) is 20.4. The number of benzene rings is 2. The van der Waals surface area contributed by atoms with E-state index in [0.717, 1.165) is 6.26 Å². The highest BCUT2D eigenvalue weighted by Gasteiger charge is 2.20. The summed E-state index contributed by atoms with van der Waals surface area (Å²) in [7, 11) is -3.48. The molecular formula is C18H15ClN2O5S. The molecule has 1 amide bonds. The van der Waals surface area contributed by atoms with E-state index in [9.17, 15) is 18.0 Å². The summed E-state index contributed by atoms with van der Waals surface area (Å²) in [5.74, 6) is -1.44. The van der Waals surface area contributed by atoms with Gasteiger partial charge in [0.05, 0.1) is 21.0 Å². The lowest BCUT2D eigenvalue weighted by atomic mass is 10.2. The number of halogens is 1. The van der Waals surface area contributed by atoms with Gasteiger partial charge in [-0.05, 0) is 43.3 Å². The Balaban J connectivity index is 2.07. The minimum absolute atomic E-state index is 0.0130. The number of carbonyl (C=O) groups is 2. The van der Waals surface area contributed by atoms with E-state index in [4.69, 9.17) is 21.6 Å². The Hall–Kier alpha value is -2.89. The number of ether oxygens (including phenoxy) is 1. The minimum atomic E-state index is -3.48. The van der Waals surface area contributed by atoms with Crippen molar-refractivity contribution in [3.63, 3.8) is 0 Å². The number of esters is 1. The summed E-state index contributed by atoms with van der Waals surface area (Å²) >= 11 is 5.90. The molecule has 0 aromatic heterocycles. The third-order valence-electron chi connectivity index (χ3n) is 3.51. The van der Waals surface area contributed by atoms with E-state index >= 15 is 0 Å². The zero-order valence-electron chi connectivity index (χ0n) is 14.4. The quantitative estimate of drug-likeness (QED) is 0.764. The lowest BCUT2D eigenvalue weighted by Gasteiger charge is -2.14. The lowest BCUT2D eigenvalue weighted by Crippen LogP contribution is -2.30. The fourth-order valence-electron chi connectivity index (χ4n) is 2.06. The molecular weight excluding hydrogens is 392 g/mol. The largest absolute Gasteiger partial charge is 0.449 e. The molecule has 0 saturated heterocycles. The van der Waals surface area contributed by atoms with Crippen LogP contribution in [0.15, 0.2) is 47.4 Å². The predicted octanol–water partition coefficient (Wildman–Crippen LogP) is 2.80. The second kappa shape index (κ2) is 8.20. The van der Waals surface area contributed by atoms with Gasteiger partial charge >= 0.3 is 5.97 Å². The van der Waals surface area contributed by atoms with E-state index < -0.39 is 27.8 Å². The number of hydrogen-bond acceptors (Lipinski definition) is 6. The summed E-state index contributed by atoms with van der Waals surface area (Å²) in [6.45, 7) is 1.37. The van der Waals surface area contributed by atoms with Crippen LogP contribution in [-0.4, -0.2) is 32.7 Å². The van der Waals surface area contributed by atoms with Crippen LogP contribution in [0.4, 0.5) is 5.69 Å². The van der Waals surface area contributed by atoms with Gasteiger partial charge in [0.1, 0.15) is 6.07 Å². The van der Waals surface area contributed by atoms with Gasteiger partial charge in [-0.2, -0.15) is 5.26 Å². The molecule has 140 valence electrons. The summed E-state index contributed by atoms with van der Waals surface area (Å²) in [6.07, 6.45) is -0.121. The normalized spacial score (nSPS) is 11.9. The maximum atomic E-state index is 12.2. The predicted molar refractivity (Wildman–Crippen MR) is 99.2 cm³/mol. The molecule has 7 nitrogen and oxygen atoms in total. The first-order valence-electron chi connectivity index (χ1n) is 7.63. The Morgan fingerprint density at radius 3 is 2.52 bits per heavy atom. The summed E-state index contributed by atoms with van der Waals surface area (Å²) in [5.41, 5.74) is 0.616. The molecule has 0 radical (unpaired) electrons. The molecule has 0 aliphatic heterocycles. The zero-order chi connectivity index (χ0) is 20.2. The zero-order valence-corrected chi connectivity index (χ0v) is 16.0. The molecule has 1 unspecified atom stereocenters. The molecule has 0 bridgehead atoms. The van der Waals surface area contributed by atoms with Crippen LogP contribution in [0.3, 0.4) is 0 Å². The molecule has 2 aromatic rings. The van der Waals surface area contributed by atoms with Gasteiger partial charge in [0.15, 0.2) is 15.9 Å². The Morgan fingerprint density at radius 2 is 1.93 bits per heavy atom. The molecule has 0 fully saturated rings. The number of nitrogens with one attached hydrogen (secondary N) is 1. The number of sulfone groups is 1. The van der Waals surface area contributed by atoms with E-state index in [-0.39, 0.29) is 21.0 Å². The third kappa shape index (κ3) is 5.29. The van der Waals surface area contributed by atoms with Gasteiger partial charge < -0.3 is 10.1 Å². The number of rotatable bonds is 5. The Labute approximate surface area is 161 Å². The summed E-state index contributed by atoms with van der Waals surface area (Å²) < 4.78 is 28.2. The van der Waals surface area contributed by atoms with E-state index in [1.165, 1.54) is 49.4 Å². The van der Waals surface area contributed by atoms with Crippen LogP contribution < -0.4 is 5.32 Å². The van der Waals surface area contributed by atoms with Crippen LogP contribution in [0.5, 0.6) is 0 Å². The van der Waals surface area contributed by atoms with Gasteiger partial charge in [-0.3, -0.25) is 4.79 Å². The van der Waals surface area contributed by atoms with Crippen molar-refractivity contribution in [2.24, 2.45) is 0 Å². The highest BCUT2D eigenvalue weighted by molar-refractivity contribution is 7.90. The van der Waals surface area contributed by atoms with Gasteiger partial charge in [0, 0.05) is 11.9 Å². The third-order valence-corrected chi connectivity index (χ3v) is 4.93. The molecule has 0 aliphatic rings. The fraction of sp³-hybridized carbons (Fsp3) is 0.167. The standard InChI is InChI=1S/C18H15ClN2O5S/c1-11(17(22)21-14-7-6-13(10-20)16(19)9-14)26-18(23)12-4-3-5-15(8-12)27(2,24)25/h3-9,11H,1-2H3,(H,21,22). The Bertz CT molecular complexity index is 1040. The van der Waals surface area contributed by atoms with Gasteiger partial charge in [-0.1, -0.05) is 17.7 Å². The van der Waals surface area contributed by atoms with Crippen LogP contribution in [-0.2, 0) is 19.4 Å². The molecule has 0 saturated carbocycles. The number of anilines is 1. The number of amides is 1. The topological polar surface area (TPSA) is 113 Å². The van der Waals surface area contributed by atoms with Crippen molar-refractivity contribution in [1.82, 2.24) is 0 Å². The van der Waals surface area contributed by atoms with E-state index in [2.05, 4.69) is 5.32 Å². The second-order valence-corrected chi connectivity index (χ2v) is 8.07. The average molecular weight is 407 g/mol. The lowest BCUT2D eigenvalue weighted by molar-refractivity contribution is -0.123. The molecule has 0 aliphatic carbocycles. The van der Waals surface area contributed by atoms with Crippen LogP contribution in [0.2, 0.25) is 5.02 Å². The van der Waals surface area contributed by atoms with Gasteiger partial charge in [0.2, 0.25) is 0 Å². The van der Waals surface area contributed by atoms with Gasteiger partial charge in [-0.15, -0.1) is 0 Å². The Kier molecular flexibility index (Phi) is 6.20. The van der Waals surface area contributed by atoms with Crippen molar-refractivity contribution in [1.29, 1.82) is 5.26 Å². The Morgan fingerprint density at radius 1 is 1.22 bits per heavy atom. The maximum Gasteiger partial charge on any atom is 0.338 e. The summed E-state index contributed by atoms with van der Waals surface area (Å²) in [4.78, 5) is 24.3.